The van der Waals surface area contributed by atoms with Crippen LogP contribution in [0.15, 0.2) is 22.7 Å². The highest BCUT2D eigenvalue weighted by Gasteiger charge is 2.22. The van der Waals surface area contributed by atoms with Crippen LogP contribution in [0.2, 0.25) is 0 Å². The van der Waals surface area contributed by atoms with E-state index >= 15 is 0 Å². The third-order valence-electron chi connectivity index (χ3n) is 2.44. The van der Waals surface area contributed by atoms with Crippen LogP contribution < -0.4 is 10.1 Å². The van der Waals surface area contributed by atoms with E-state index in [9.17, 15) is 9.90 Å². The van der Waals surface area contributed by atoms with Gasteiger partial charge in [0, 0.05) is 10.0 Å². The summed E-state index contributed by atoms with van der Waals surface area (Å²) in [5.74, 6) is 0.578. The quantitative estimate of drug-likeness (QED) is 0.880. The standard InChI is InChI=1S/C14H20BrNO4/c1-14(2,3)20-13(18)16-11(8-17)10-6-5-9(15)7-12(10)19-4/h5-7,11,17H,8H2,1-4H3,(H,16,18). The normalized spacial score (nSPS) is 12.7. The summed E-state index contributed by atoms with van der Waals surface area (Å²) < 4.78 is 11.3. The van der Waals surface area contributed by atoms with Crippen molar-refractivity contribution in [3.8, 4) is 5.75 Å². The number of hydrogen-bond acceptors (Lipinski definition) is 4. The molecule has 6 heteroatoms. The predicted octanol–water partition coefficient (Wildman–Crippen LogP) is 3.02. The van der Waals surface area contributed by atoms with Crippen molar-refractivity contribution < 1.29 is 19.4 Å². The second-order valence-corrected chi connectivity index (χ2v) is 6.18. The minimum Gasteiger partial charge on any atom is -0.496 e. The molecule has 0 heterocycles. The summed E-state index contributed by atoms with van der Waals surface area (Å²) in [7, 11) is 1.53. The fourth-order valence-corrected chi connectivity index (χ4v) is 1.98. The van der Waals surface area contributed by atoms with Gasteiger partial charge in [-0.3, -0.25) is 0 Å². The third kappa shape index (κ3) is 5.02. The molecule has 1 rings (SSSR count). The number of aliphatic hydroxyl groups is 1. The number of aliphatic hydroxyl groups excluding tert-OH is 1. The summed E-state index contributed by atoms with van der Waals surface area (Å²) in [6.07, 6.45) is -0.582. The Morgan fingerprint density at radius 2 is 2.10 bits per heavy atom. The number of carbonyl (C=O) groups is 1. The van der Waals surface area contributed by atoms with Crippen LogP contribution in [0.5, 0.6) is 5.75 Å². The van der Waals surface area contributed by atoms with E-state index in [2.05, 4.69) is 21.2 Å². The number of methoxy groups -OCH3 is 1. The third-order valence-corrected chi connectivity index (χ3v) is 2.94. The highest BCUT2D eigenvalue weighted by Crippen LogP contribution is 2.28. The first-order valence-electron chi connectivity index (χ1n) is 6.20. The van der Waals surface area contributed by atoms with Gasteiger partial charge >= 0.3 is 6.09 Å². The number of rotatable bonds is 4. The number of amides is 1. The van der Waals surface area contributed by atoms with Gasteiger partial charge in [0.05, 0.1) is 19.8 Å². The van der Waals surface area contributed by atoms with Crippen LogP contribution >= 0.6 is 15.9 Å². The van der Waals surface area contributed by atoms with Gasteiger partial charge in [0.2, 0.25) is 0 Å². The SMILES string of the molecule is COc1cc(Br)ccc1C(CO)NC(=O)OC(C)(C)C. The van der Waals surface area contributed by atoms with Gasteiger partial charge in [0.25, 0.3) is 0 Å². The topological polar surface area (TPSA) is 67.8 Å². The predicted molar refractivity (Wildman–Crippen MR) is 79.9 cm³/mol. The molecule has 0 aliphatic heterocycles. The molecule has 0 aromatic heterocycles. The first-order valence-corrected chi connectivity index (χ1v) is 7.00. The fourth-order valence-electron chi connectivity index (χ4n) is 1.64. The van der Waals surface area contributed by atoms with Crippen molar-refractivity contribution in [2.75, 3.05) is 13.7 Å². The number of ether oxygens (including phenoxy) is 2. The minimum atomic E-state index is -0.590. The highest BCUT2D eigenvalue weighted by molar-refractivity contribution is 9.10. The maximum absolute atomic E-state index is 11.8. The molecule has 20 heavy (non-hydrogen) atoms. The average Bonchev–Trinajstić information content (AvgIpc) is 2.34. The van der Waals surface area contributed by atoms with Crippen LogP contribution in [0.25, 0.3) is 0 Å². The number of nitrogens with one attached hydrogen (secondary N) is 1. The van der Waals surface area contributed by atoms with Gasteiger partial charge in [-0.2, -0.15) is 0 Å². The molecule has 0 spiro atoms. The van der Waals surface area contributed by atoms with E-state index in [4.69, 9.17) is 9.47 Å². The van der Waals surface area contributed by atoms with E-state index in [1.165, 1.54) is 7.11 Å². The van der Waals surface area contributed by atoms with Crippen LogP contribution in [-0.4, -0.2) is 30.5 Å². The molecule has 1 aromatic carbocycles. The van der Waals surface area contributed by atoms with Gasteiger partial charge < -0.3 is 19.9 Å². The molecule has 1 amide bonds. The molecule has 0 aliphatic carbocycles. The minimum absolute atomic E-state index is 0.253. The van der Waals surface area contributed by atoms with Crippen molar-refractivity contribution in [3.63, 3.8) is 0 Å². The lowest BCUT2D eigenvalue weighted by atomic mass is 10.1. The van der Waals surface area contributed by atoms with Crippen molar-refractivity contribution in [3.05, 3.63) is 28.2 Å². The van der Waals surface area contributed by atoms with Gasteiger partial charge in [-0.15, -0.1) is 0 Å². The Bertz CT molecular complexity index is 471. The Labute approximate surface area is 127 Å². The maximum Gasteiger partial charge on any atom is 0.408 e. The molecular weight excluding hydrogens is 326 g/mol. The Morgan fingerprint density at radius 3 is 2.60 bits per heavy atom. The van der Waals surface area contributed by atoms with E-state index in [1.54, 1.807) is 32.9 Å². The molecule has 0 fully saturated rings. The number of hydrogen-bond donors (Lipinski definition) is 2. The van der Waals surface area contributed by atoms with Crippen molar-refractivity contribution >= 4 is 22.0 Å². The number of halogens is 1. The Hall–Kier alpha value is -1.27. The molecule has 0 radical (unpaired) electrons. The fraction of sp³-hybridized carbons (Fsp3) is 0.500. The lowest BCUT2D eigenvalue weighted by molar-refractivity contribution is 0.0481. The molecule has 1 aromatic rings. The molecular formula is C14H20BrNO4. The molecule has 1 atom stereocenters. The lowest BCUT2D eigenvalue weighted by Crippen LogP contribution is -2.36. The van der Waals surface area contributed by atoms with Crippen molar-refractivity contribution in [1.82, 2.24) is 5.32 Å². The molecule has 0 aliphatic rings. The highest BCUT2D eigenvalue weighted by atomic mass is 79.9. The first kappa shape index (κ1) is 16.8. The summed E-state index contributed by atoms with van der Waals surface area (Å²) in [5, 5.41) is 12.1. The van der Waals surface area contributed by atoms with Crippen LogP contribution in [-0.2, 0) is 4.74 Å². The second kappa shape index (κ2) is 6.95. The molecule has 112 valence electrons. The first-order chi connectivity index (χ1) is 9.26. The zero-order chi connectivity index (χ0) is 15.3. The van der Waals surface area contributed by atoms with E-state index < -0.39 is 17.7 Å². The number of benzene rings is 1. The summed E-state index contributed by atoms with van der Waals surface area (Å²) >= 11 is 3.34. The summed E-state index contributed by atoms with van der Waals surface area (Å²) in [5.41, 5.74) is 0.0949. The summed E-state index contributed by atoms with van der Waals surface area (Å²) in [6.45, 7) is 5.08. The molecule has 2 N–H and O–H groups in total. The van der Waals surface area contributed by atoms with Gasteiger partial charge in [-0.05, 0) is 32.9 Å². The smallest absolute Gasteiger partial charge is 0.408 e. The van der Waals surface area contributed by atoms with E-state index in [1.807, 2.05) is 6.07 Å². The Balaban J connectivity index is 2.89. The summed E-state index contributed by atoms with van der Waals surface area (Å²) in [4.78, 5) is 11.8. The molecule has 0 bridgehead atoms. The van der Waals surface area contributed by atoms with E-state index in [-0.39, 0.29) is 6.61 Å². The lowest BCUT2D eigenvalue weighted by Gasteiger charge is -2.23. The monoisotopic (exact) mass is 345 g/mol. The molecule has 5 nitrogen and oxygen atoms in total. The van der Waals surface area contributed by atoms with Crippen LogP contribution in [0.4, 0.5) is 4.79 Å². The number of carbonyl (C=O) groups excluding carboxylic acids is 1. The Morgan fingerprint density at radius 1 is 1.45 bits per heavy atom. The molecule has 0 saturated heterocycles. The van der Waals surface area contributed by atoms with Gasteiger partial charge in [0.15, 0.2) is 0 Å². The molecule has 1 unspecified atom stereocenters. The van der Waals surface area contributed by atoms with Gasteiger partial charge in [-0.25, -0.2) is 4.79 Å². The van der Waals surface area contributed by atoms with Crippen molar-refractivity contribution in [1.29, 1.82) is 0 Å². The second-order valence-electron chi connectivity index (χ2n) is 5.27. The zero-order valence-electron chi connectivity index (χ0n) is 12.1. The van der Waals surface area contributed by atoms with Gasteiger partial charge in [0.1, 0.15) is 11.4 Å². The average molecular weight is 346 g/mol. The molecule has 0 saturated carbocycles. The van der Waals surface area contributed by atoms with Crippen molar-refractivity contribution in [2.24, 2.45) is 0 Å². The number of alkyl carbamates (subject to hydrolysis) is 1. The van der Waals surface area contributed by atoms with E-state index in [0.29, 0.717) is 11.3 Å². The summed E-state index contributed by atoms with van der Waals surface area (Å²) in [6, 6.07) is 4.78. The Kier molecular flexibility index (Phi) is 5.83. The maximum atomic E-state index is 11.8. The van der Waals surface area contributed by atoms with Crippen LogP contribution in [0.3, 0.4) is 0 Å². The van der Waals surface area contributed by atoms with Crippen molar-refractivity contribution in [2.45, 2.75) is 32.4 Å². The van der Waals surface area contributed by atoms with Crippen LogP contribution in [0.1, 0.15) is 32.4 Å². The zero-order valence-corrected chi connectivity index (χ0v) is 13.7. The largest absolute Gasteiger partial charge is 0.496 e. The van der Waals surface area contributed by atoms with E-state index in [0.717, 1.165) is 4.47 Å². The van der Waals surface area contributed by atoms with Gasteiger partial charge in [-0.1, -0.05) is 22.0 Å². The van der Waals surface area contributed by atoms with Crippen LogP contribution in [0, 0.1) is 0 Å².